The second-order valence-electron chi connectivity index (χ2n) is 1.44. The van der Waals surface area contributed by atoms with Crippen molar-refractivity contribution in [3.8, 4) is 0 Å². The van der Waals surface area contributed by atoms with Crippen LogP contribution in [-0.2, 0) is 0 Å². The molecule has 0 heterocycles. The van der Waals surface area contributed by atoms with Gasteiger partial charge in [-0.2, -0.15) is 0 Å². The summed E-state index contributed by atoms with van der Waals surface area (Å²) >= 11 is 0. The normalized spacial score (nSPS) is 9.25. The summed E-state index contributed by atoms with van der Waals surface area (Å²) in [5, 5.41) is 8.21. The Morgan fingerprint density at radius 3 is 2.38 bits per heavy atom. The second-order valence-corrected chi connectivity index (χ2v) is 1.44. The van der Waals surface area contributed by atoms with Gasteiger partial charge in [-0.05, 0) is 6.42 Å². The number of hydrogen-bond acceptors (Lipinski definition) is 1. The number of aliphatic hydroxyl groups is 1. The first kappa shape index (κ1) is 10.6. The zero-order valence-corrected chi connectivity index (χ0v) is 5.22. The van der Waals surface area contributed by atoms with E-state index in [1.54, 1.807) is 6.08 Å². The molecule has 0 aliphatic rings. The molecular weight excluding hydrogens is 104 g/mol. The molecule has 0 bridgehead atoms. The highest BCUT2D eigenvalue weighted by Gasteiger charge is 1.68. The van der Waals surface area contributed by atoms with Gasteiger partial charge in [-0.1, -0.05) is 25.5 Å². The van der Waals surface area contributed by atoms with Crippen LogP contribution in [0.4, 0.5) is 0 Å². The monoisotopic (exact) mass is 118 g/mol. The van der Waals surface area contributed by atoms with Crippen LogP contribution in [0.15, 0.2) is 12.2 Å². The van der Waals surface area contributed by atoms with Crippen LogP contribution in [0, 0.1) is 0 Å². The summed E-state index contributed by atoms with van der Waals surface area (Å²) in [5.74, 6) is 0. The minimum absolute atomic E-state index is 0. The largest absolute Gasteiger partial charge is 0.412 e. The molecule has 0 unspecified atom stereocenters. The molecule has 2 nitrogen and oxygen atoms in total. The third-order valence-electron chi connectivity index (χ3n) is 0.727. The van der Waals surface area contributed by atoms with E-state index in [-0.39, 0.29) is 12.1 Å². The first-order valence-electron chi connectivity index (χ1n) is 2.67. The maximum absolute atomic E-state index is 8.21. The SMILES string of the molecule is CCCC=CCO.O. The predicted octanol–water partition coefficient (Wildman–Crippen LogP) is 0.510. The molecule has 0 aromatic carbocycles. The predicted molar refractivity (Wildman–Crippen MR) is 34.7 cm³/mol. The summed E-state index contributed by atoms with van der Waals surface area (Å²) in [6.45, 7) is 2.29. The Balaban J connectivity index is 0. The van der Waals surface area contributed by atoms with Crippen molar-refractivity contribution in [2.75, 3.05) is 6.61 Å². The summed E-state index contributed by atoms with van der Waals surface area (Å²) < 4.78 is 0. The Hall–Kier alpha value is -0.340. The van der Waals surface area contributed by atoms with Gasteiger partial charge < -0.3 is 10.6 Å². The van der Waals surface area contributed by atoms with Crippen LogP contribution in [0.2, 0.25) is 0 Å². The minimum atomic E-state index is 0. The van der Waals surface area contributed by atoms with Crippen molar-refractivity contribution >= 4 is 0 Å². The van der Waals surface area contributed by atoms with E-state index in [4.69, 9.17) is 5.11 Å². The van der Waals surface area contributed by atoms with Crippen molar-refractivity contribution in [1.29, 1.82) is 0 Å². The van der Waals surface area contributed by atoms with Crippen LogP contribution in [-0.4, -0.2) is 17.2 Å². The highest BCUT2D eigenvalue weighted by Crippen LogP contribution is 1.85. The molecule has 0 aromatic heterocycles. The average Bonchev–Trinajstić information content (AvgIpc) is 1.69. The minimum Gasteiger partial charge on any atom is -0.412 e. The summed E-state index contributed by atoms with van der Waals surface area (Å²) in [6, 6.07) is 0. The Morgan fingerprint density at radius 2 is 2.00 bits per heavy atom. The van der Waals surface area contributed by atoms with Crippen LogP contribution in [0.5, 0.6) is 0 Å². The summed E-state index contributed by atoms with van der Waals surface area (Å²) in [6.07, 6.45) is 6.00. The molecule has 0 amide bonds. The first-order valence-corrected chi connectivity index (χ1v) is 2.67. The topological polar surface area (TPSA) is 51.7 Å². The molecule has 0 saturated heterocycles. The van der Waals surface area contributed by atoms with Gasteiger partial charge in [0.15, 0.2) is 0 Å². The molecule has 0 aromatic rings. The molecule has 50 valence electrons. The number of aliphatic hydroxyl groups excluding tert-OH is 1. The van der Waals surface area contributed by atoms with Gasteiger partial charge in [-0.3, -0.25) is 0 Å². The van der Waals surface area contributed by atoms with Crippen LogP contribution in [0.25, 0.3) is 0 Å². The van der Waals surface area contributed by atoms with Gasteiger partial charge in [0.2, 0.25) is 0 Å². The van der Waals surface area contributed by atoms with Gasteiger partial charge in [0, 0.05) is 0 Å². The molecule has 0 fully saturated rings. The van der Waals surface area contributed by atoms with Gasteiger partial charge >= 0.3 is 0 Å². The highest BCUT2D eigenvalue weighted by atomic mass is 16.2. The molecular formula is C6H14O2. The number of rotatable bonds is 3. The van der Waals surface area contributed by atoms with Crippen LogP contribution < -0.4 is 0 Å². The lowest BCUT2D eigenvalue weighted by atomic mass is 10.3. The van der Waals surface area contributed by atoms with E-state index in [9.17, 15) is 0 Å². The van der Waals surface area contributed by atoms with Crippen molar-refractivity contribution in [1.82, 2.24) is 0 Å². The van der Waals surface area contributed by atoms with Gasteiger partial charge in [0.1, 0.15) is 0 Å². The zero-order chi connectivity index (χ0) is 5.54. The van der Waals surface area contributed by atoms with Crippen molar-refractivity contribution in [2.24, 2.45) is 0 Å². The fraction of sp³-hybridized carbons (Fsp3) is 0.667. The van der Waals surface area contributed by atoms with Crippen LogP contribution in [0.1, 0.15) is 19.8 Å². The molecule has 8 heavy (non-hydrogen) atoms. The van der Waals surface area contributed by atoms with Crippen LogP contribution in [0.3, 0.4) is 0 Å². The van der Waals surface area contributed by atoms with Crippen LogP contribution >= 0.6 is 0 Å². The molecule has 0 spiro atoms. The smallest absolute Gasteiger partial charge is 0.0612 e. The van der Waals surface area contributed by atoms with E-state index in [1.165, 1.54) is 0 Å². The van der Waals surface area contributed by atoms with Crippen molar-refractivity contribution in [3.63, 3.8) is 0 Å². The van der Waals surface area contributed by atoms with Gasteiger partial charge in [-0.15, -0.1) is 0 Å². The zero-order valence-electron chi connectivity index (χ0n) is 5.22. The molecule has 0 saturated carbocycles. The van der Waals surface area contributed by atoms with E-state index in [0.29, 0.717) is 0 Å². The third kappa shape index (κ3) is 9.18. The summed E-state index contributed by atoms with van der Waals surface area (Å²) in [4.78, 5) is 0. The Bertz CT molecular complexity index is 50.5. The molecule has 0 radical (unpaired) electrons. The molecule has 0 atom stereocenters. The third-order valence-corrected chi connectivity index (χ3v) is 0.727. The van der Waals surface area contributed by atoms with Crippen molar-refractivity contribution in [3.05, 3.63) is 12.2 Å². The molecule has 0 aliphatic carbocycles. The summed E-state index contributed by atoms with van der Waals surface area (Å²) in [7, 11) is 0. The van der Waals surface area contributed by atoms with Gasteiger partial charge in [-0.25, -0.2) is 0 Å². The second kappa shape index (κ2) is 9.83. The quantitative estimate of drug-likeness (QED) is 0.539. The van der Waals surface area contributed by atoms with Gasteiger partial charge in [0.05, 0.1) is 6.61 Å². The Morgan fingerprint density at radius 1 is 1.38 bits per heavy atom. The molecule has 2 heteroatoms. The lowest BCUT2D eigenvalue weighted by molar-refractivity contribution is 0.342. The Labute approximate surface area is 50.1 Å². The number of unbranched alkanes of at least 4 members (excludes halogenated alkanes) is 1. The van der Waals surface area contributed by atoms with E-state index >= 15 is 0 Å². The standard InChI is InChI=1S/C6H12O.H2O/c1-2-3-4-5-6-7;/h4-5,7H,2-3,6H2,1H3;1H2. The highest BCUT2D eigenvalue weighted by molar-refractivity contribution is 4.79. The first-order chi connectivity index (χ1) is 3.41. The van der Waals surface area contributed by atoms with E-state index < -0.39 is 0 Å². The number of allylic oxidation sites excluding steroid dienone is 1. The van der Waals surface area contributed by atoms with E-state index in [2.05, 4.69) is 6.92 Å². The van der Waals surface area contributed by atoms with Gasteiger partial charge in [0.25, 0.3) is 0 Å². The molecule has 3 N–H and O–H groups in total. The molecule has 0 rings (SSSR count). The maximum atomic E-state index is 8.21. The molecule has 0 aliphatic heterocycles. The van der Waals surface area contributed by atoms with E-state index in [1.807, 2.05) is 6.08 Å². The van der Waals surface area contributed by atoms with E-state index in [0.717, 1.165) is 12.8 Å². The fourth-order valence-electron chi connectivity index (χ4n) is 0.359. The van der Waals surface area contributed by atoms with Crippen molar-refractivity contribution in [2.45, 2.75) is 19.8 Å². The Kier molecular flexibility index (Phi) is 13.0. The fourth-order valence-corrected chi connectivity index (χ4v) is 0.359. The summed E-state index contributed by atoms with van der Waals surface area (Å²) in [5.41, 5.74) is 0. The average molecular weight is 118 g/mol. The lowest BCUT2D eigenvalue weighted by Crippen LogP contribution is -1.69. The lowest BCUT2D eigenvalue weighted by Gasteiger charge is -1.79. The number of hydrogen-bond donors (Lipinski definition) is 1. The maximum Gasteiger partial charge on any atom is 0.0612 e. The van der Waals surface area contributed by atoms with Crippen molar-refractivity contribution < 1.29 is 10.6 Å².